The van der Waals surface area contributed by atoms with Gasteiger partial charge < -0.3 is 15.0 Å². The van der Waals surface area contributed by atoms with Gasteiger partial charge in [0.15, 0.2) is 0 Å². The summed E-state index contributed by atoms with van der Waals surface area (Å²) in [6.45, 7) is 2.09. The van der Waals surface area contributed by atoms with Crippen LogP contribution in [-0.2, 0) is 0 Å². The van der Waals surface area contributed by atoms with Gasteiger partial charge >= 0.3 is 0 Å². The van der Waals surface area contributed by atoms with Gasteiger partial charge in [-0.3, -0.25) is 4.79 Å². The summed E-state index contributed by atoms with van der Waals surface area (Å²) in [4.78, 5) is 23.7. The maximum Gasteiger partial charge on any atom is 0.255 e. The van der Waals surface area contributed by atoms with E-state index >= 15 is 0 Å². The zero-order valence-corrected chi connectivity index (χ0v) is 16.5. The fourth-order valence-electron chi connectivity index (χ4n) is 3.47. The number of hydrogen-bond donors (Lipinski definition) is 1. The summed E-state index contributed by atoms with van der Waals surface area (Å²) in [5.41, 5.74) is 3.14. The number of ether oxygens (including phenoxy) is 1. The van der Waals surface area contributed by atoms with E-state index in [0.29, 0.717) is 5.56 Å². The number of benzene rings is 2. The van der Waals surface area contributed by atoms with Crippen LogP contribution in [0.1, 0.15) is 29.6 Å². The molecule has 6 heteroatoms. The molecule has 0 spiro atoms. The molecule has 3 aromatic rings. The Morgan fingerprint density at radius 1 is 0.966 bits per heavy atom. The Bertz CT molecular complexity index is 965. The van der Waals surface area contributed by atoms with Crippen LogP contribution in [0.25, 0.3) is 11.3 Å². The molecule has 0 bridgehead atoms. The Hall–Kier alpha value is -3.41. The molecule has 4 rings (SSSR count). The van der Waals surface area contributed by atoms with Crippen LogP contribution < -0.4 is 15.0 Å². The molecule has 29 heavy (non-hydrogen) atoms. The molecule has 1 N–H and O–H groups in total. The molecule has 1 saturated heterocycles. The molecule has 1 amide bonds. The number of amides is 1. The number of hydrogen-bond acceptors (Lipinski definition) is 5. The number of rotatable bonds is 5. The fourth-order valence-corrected chi connectivity index (χ4v) is 3.47. The average molecular weight is 388 g/mol. The van der Waals surface area contributed by atoms with Gasteiger partial charge in [-0.25, -0.2) is 9.97 Å². The van der Waals surface area contributed by atoms with Crippen LogP contribution in [0.4, 0.5) is 11.5 Å². The molecule has 148 valence electrons. The van der Waals surface area contributed by atoms with Crippen LogP contribution in [-0.4, -0.2) is 36.1 Å². The molecule has 0 unspecified atom stereocenters. The second kappa shape index (κ2) is 8.73. The van der Waals surface area contributed by atoms with Crippen LogP contribution in [0, 0.1) is 0 Å². The lowest BCUT2D eigenvalue weighted by Gasteiger charge is -2.27. The van der Waals surface area contributed by atoms with Crippen molar-refractivity contribution in [3.05, 3.63) is 66.5 Å². The Morgan fingerprint density at radius 3 is 2.38 bits per heavy atom. The molecule has 1 aliphatic heterocycles. The van der Waals surface area contributed by atoms with Crippen LogP contribution in [0.15, 0.2) is 60.9 Å². The molecule has 1 fully saturated rings. The van der Waals surface area contributed by atoms with Gasteiger partial charge in [0.1, 0.15) is 17.9 Å². The molecule has 6 nitrogen and oxygen atoms in total. The van der Waals surface area contributed by atoms with Crippen LogP contribution >= 0.6 is 0 Å². The van der Waals surface area contributed by atoms with Gasteiger partial charge in [0, 0.05) is 36.0 Å². The number of piperidine rings is 1. The molecule has 1 aromatic heterocycles. The van der Waals surface area contributed by atoms with Gasteiger partial charge in [0.2, 0.25) is 0 Å². The van der Waals surface area contributed by atoms with E-state index in [9.17, 15) is 4.79 Å². The summed E-state index contributed by atoms with van der Waals surface area (Å²) >= 11 is 0. The second-order valence-electron chi connectivity index (χ2n) is 7.07. The average Bonchev–Trinajstić information content (AvgIpc) is 2.80. The van der Waals surface area contributed by atoms with Crippen molar-refractivity contribution < 1.29 is 9.53 Å². The number of anilines is 2. The first kappa shape index (κ1) is 18.9. The molecule has 2 aromatic carbocycles. The molecule has 0 aliphatic carbocycles. The van der Waals surface area contributed by atoms with Crippen molar-refractivity contribution in [3.8, 4) is 17.0 Å². The van der Waals surface area contributed by atoms with E-state index in [1.807, 2.05) is 54.6 Å². The van der Waals surface area contributed by atoms with E-state index in [-0.39, 0.29) is 5.91 Å². The van der Waals surface area contributed by atoms with Gasteiger partial charge in [-0.05, 0) is 55.7 Å². The lowest BCUT2D eigenvalue weighted by molar-refractivity contribution is 0.102. The normalized spacial score (nSPS) is 13.8. The van der Waals surface area contributed by atoms with E-state index in [1.54, 1.807) is 13.4 Å². The molecule has 2 heterocycles. The van der Waals surface area contributed by atoms with Crippen LogP contribution in [0.3, 0.4) is 0 Å². The Kier molecular flexibility index (Phi) is 5.70. The molecular weight excluding hydrogens is 364 g/mol. The highest BCUT2D eigenvalue weighted by Crippen LogP contribution is 2.24. The smallest absolute Gasteiger partial charge is 0.255 e. The summed E-state index contributed by atoms with van der Waals surface area (Å²) in [5, 5.41) is 2.89. The Labute approximate surface area is 170 Å². The van der Waals surface area contributed by atoms with Gasteiger partial charge in [-0.15, -0.1) is 0 Å². The van der Waals surface area contributed by atoms with Crippen LogP contribution in [0.5, 0.6) is 5.75 Å². The summed E-state index contributed by atoms with van der Waals surface area (Å²) in [6.07, 6.45) is 5.31. The summed E-state index contributed by atoms with van der Waals surface area (Å²) in [7, 11) is 1.61. The summed E-state index contributed by atoms with van der Waals surface area (Å²) < 4.78 is 5.13. The van der Waals surface area contributed by atoms with Gasteiger partial charge in [0.25, 0.3) is 5.91 Å². The molecule has 0 radical (unpaired) electrons. The predicted octanol–water partition coefficient (Wildman–Crippen LogP) is 4.39. The van der Waals surface area contributed by atoms with Crippen molar-refractivity contribution in [1.82, 2.24) is 9.97 Å². The number of nitrogens with one attached hydrogen (secondary N) is 1. The first-order chi connectivity index (χ1) is 14.2. The maximum atomic E-state index is 12.5. The third-order valence-electron chi connectivity index (χ3n) is 5.12. The van der Waals surface area contributed by atoms with Crippen molar-refractivity contribution in [1.29, 1.82) is 0 Å². The van der Waals surface area contributed by atoms with E-state index in [1.165, 1.54) is 19.3 Å². The minimum absolute atomic E-state index is 0.154. The van der Waals surface area contributed by atoms with Crippen molar-refractivity contribution in [2.75, 3.05) is 30.4 Å². The minimum atomic E-state index is -0.154. The lowest BCUT2D eigenvalue weighted by Crippen LogP contribution is -2.30. The zero-order chi connectivity index (χ0) is 20.1. The second-order valence-corrected chi connectivity index (χ2v) is 7.07. The Morgan fingerprint density at radius 2 is 1.69 bits per heavy atom. The van der Waals surface area contributed by atoms with Crippen molar-refractivity contribution >= 4 is 17.4 Å². The third-order valence-corrected chi connectivity index (χ3v) is 5.12. The van der Waals surface area contributed by atoms with Gasteiger partial charge in [-0.1, -0.05) is 12.1 Å². The first-order valence-corrected chi connectivity index (χ1v) is 9.86. The molecular formula is C23H24N4O2. The van der Waals surface area contributed by atoms with E-state index < -0.39 is 0 Å². The summed E-state index contributed by atoms with van der Waals surface area (Å²) in [5.74, 6) is 1.57. The molecule has 0 atom stereocenters. The first-order valence-electron chi connectivity index (χ1n) is 9.86. The van der Waals surface area contributed by atoms with Crippen molar-refractivity contribution in [2.24, 2.45) is 0 Å². The quantitative estimate of drug-likeness (QED) is 0.702. The van der Waals surface area contributed by atoms with E-state index in [4.69, 9.17) is 4.74 Å². The topological polar surface area (TPSA) is 67.3 Å². The third kappa shape index (κ3) is 4.54. The number of methoxy groups -OCH3 is 1. The molecule has 1 aliphatic rings. The van der Waals surface area contributed by atoms with Gasteiger partial charge in [0.05, 0.1) is 12.8 Å². The van der Waals surface area contributed by atoms with Crippen molar-refractivity contribution in [3.63, 3.8) is 0 Å². The molecule has 0 saturated carbocycles. The number of aromatic nitrogens is 2. The highest BCUT2D eigenvalue weighted by Gasteiger charge is 2.13. The number of carbonyl (C=O) groups excluding carboxylic acids is 1. The predicted molar refractivity (Wildman–Crippen MR) is 114 cm³/mol. The number of nitrogens with zero attached hydrogens (tertiary/aromatic N) is 3. The van der Waals surface area contributed by atoms with E-state index in [2.05, 4.69) is 20.2 Å². The van der Waals surface area contributed by atoms with Crippen molar-refractivity contribution in [2.45, 2.75) is 19.3 Å². The minimum Gasteiger partial charge on any atom is -0.497 e. The monoisotopic (exact) mass is 388 g/mol. The lowest BCUT2D eigenvalue weighted by atomic mass is 10.1. The Balaban J connectivity index is 1.46. The van der Waals surface area contributed by atoms with E-state index in [0.717, 1.165) is 41.6 Å². The zero-order valence-electron chi connectivity index (χ0n) is 16.5. The highest BCUT2D eigenvalue weighted by atomic mass is 16.5. The maximum absolute atomic E-state index is 12.5. The highest BCUT2D eigenvalue weighted by molar-refractivity contribution is 6.04. The standard InChI is InChI=1S/C23H24N4O2/c1-29-20-11-9-19(10-12-20)26-23(28)18-7-5-17(6-8-18)21-15-22(25-16-24-21)27-13-3-2-4-14-27/h5-12,15-16H,2-4,13-14H2,1H3,(H,26,28). The van der Waals surface area contributed by atoms with Gasteiger partial charge in [-0.2, -0.15) is 0 Å². The summed E-state index contributed by atoms with van der Waals surface area (Å²) in [6, 6.07) is 16.8. The largest absolute Gasteiger partial charge is 0.497 e. The van der Waals surface area contributed by atoms with Crippen LogP contribution in [0.2, 0.25) is 0 Å². The SMILES string of the molecule is COc1ccc(NC(=O)c2ccc(-c3cc(N4CCCCC4)ncn3)cc2)cc1. The fraction of sp³-hybridized carbons (Fsp3) is 0.261. The number of carbonyl (C=O) groups is 1.